The Balaban J connectivity index is 1.54. The Labute approximate surface area is 259 Å². The zero-order valence-electron chi connectivity index (χ0n) is 26.6. The second-order valence-corrected chi connectivity index (χ2v) is 12.4. The first kappa shape index (κ1) is 31.4. The molecule has 3 aliphatic rings. The fraction of sp³-hybridized carbons (Fsp3) is 0.514. The van der Waals surface area contributed by atoms with E-state index in [2.05, 4.69) is 28.1 Å². The number of anilines is 1. The molecular weight excluding hydrogens is 558 g/mol. The highest BCUT2D eigenvalue weighted by Crippen LogP contribution is 2.50. The van der Waals surface area contributed by atoms with E-state index in [0.717, 1.165) is 29.5 Å². The second-order valence-electron chi connectivity index (χ2n) is 12.4. The van der Waals surface area contributed by atoms with Crippen molar-refractivity contribution in [1.82, 2.24) is 10.6 Å². The van der Waals surface area contributed by atoms with E-state index in [0.29, 0.717) is 65.6 Å². The third-order valence-corrected chi connectivity index (χ3v) is 9.68. The van der Waals surface area contributed by atoms with Gasteiger partial charge in [0.05, 0.1) is 33.1 Å². The number of fused-ring (bicyclic) bond motifs is 5. The Kier molecular flexibility index (Phi) is 9.51. The summed E-state index contributed by atoms with van der Waals surface area (Å²) in [7, 11) is 4.71. The Morgan fingerprint density at radius 1 is 1.02 bits per heavy atom. The number of allylic oxidation sites excluding steroid dienone is 2. The quantitative estimate of drug-likeness (QED) is 0.309. The van der Waals surface area contributed by atoms with Gasteiger partial charge in [-0.15, -0.1) is 0 Å². The Bertz CT molecular complexity index is 1500. The number of hydrogen-bond acceptors (Lipinski definition) is 7. The van der Waals surface area contributed by atoms with Crippen LogP contribution in [0.1, 0.15) is 63.6 Å². The Hall–Kier alpha value is -4.01. The van der Waals surface area contributed by atoms with E-state index in [1.54, 1.807) is 33.5 Å². The fourth-order valence-corrected chi connectivity index (χ4v) is 7.17. The maximum atomic E-state index is 13.9. The summed E-state index contributed by atoms with van der Waals surface area (Å²) in [5.74, 6) is 2.83. The molecule has 9 nitrogen and oxygen atoms in total. The molecule has 44 heavy (non-hydrogen) atoms. The lowest BCUT2D eigenvalue weighted by molar-refractivity contribution is -0.123. The Morgan fingerprint density at radius 2 is 1.80 bits per heavy atom. The standard InChI is InChI=1S/C35H45N3O6/c1-7-19(2)32(35(41)36-18-24-15-21-8-9-22(24)14-21)38-28-13-11-25-26(17-29(28)40)27(37-20(3)39)12-10-23-16-30(42-4)33(43-5)34(44-6)31(23)25/h8-9,11,13,16-17,19,21-22,24,27,32H,7,10,12,14-15,18H2,1-6H3,(H,36,41)(H,37,39)(H,38,40). The van der Waals surface area contributed by atoms with Crippen molar-refractivity contribution in [3.8, 4) is 28.4 Å². The summed E-state index contributed by atoms with van der Waals surface area (Å²) in [4.78, 5) is 39.7. The first-order valence-corrected chi connectivity index (χ1v) is 15.7. The molecule has 0 aliphatic heterocycles. The molecule has 236 valence electrons. The first-order chi connectivity index (χ1) is 21.2. The van der Waals surface area contributed by atoms with Crippen LogP contribution in [0.4, 0.5) is 5.69 Å². The van der Waals surface area contributed by atoms with Crippen LogP contribution in [-0.2, 0) is 16.0 Å². The summed E-state index contributed by atoms with van der Waals surface area (Å²) in [6.07, 6.45) is 8.85. The van der Waals surface area contributed by atoms with Crippen molar-refractivity contribution in [1.29, 1.82) is 0 Å². The average Bonchev–Trinajstić information content (AvgIpc) is 3.57. The SMILES string of the molecule is CCC(C)C(Nc1ccc2c(cc1=O)C(NC(C)=O)CCc1cc(OC)c(OC)c(OC)c1-2)C(=O)NCC1CC2C=CC1C2. The maximum absolute atomic E-state index is 13.9. The summed E-state index contributed by atoms with van der Waals surface area (Å²) < 4.78 is 17.2. The number of rotatable bonds is 11. The van der Waals surface area contributed by atoms with Crippen molar-refractivity contribution >= 4 is 17.5 Å². The number of benzene rings is 1. The summed E-state index contributed by atoms with van der Waals surface area (Å²) in [6.45, 7) is 6.18. The van der Waals surface area contributed by atoms with Crippen molar-refractivity contribution in [3.05, 3.63) is 57.8 Å². The molecular formula is C35H45N3O6. The normalized spacial score (nSPS) is 22.6. The van der Waals surface area contributed by atoms with Crippen molar-refractivity contribution < 1.29 is 23.8 Å². The summed E-state index contributed by atoms with van der Waals surface area (Å²) >= 11 is 0. The number of methoxy groups -OCH3 is 3. The van der Waals surface area contributed by atoms with Crippen molar-refractivity contribution in [2.24, 2.45) is 23.7 Å². The van der Waals surface area contributed by atoms with Crippen LogP contribution in [0.5, 0.6) is 17.2 Å². The molecule has 2 aromatic rings. The minimum Gasteiger partial charge on any atom is -0.493 e. The Morgan fingerprint density at radius 3 is 2.41 bits per heavy atom. The van der Waals surface area contributed by atoms with E-state index in [9.17, 15) is 14.4 Å². The molecule has 5 rings (SSSR count). The molecule has 0 heterocycles. The van der Waals surface area contributed by atoms with Gasteiger partial charge < -0.3 is 30.2 Å². The van der Waals surface area contributed by atoms with Gasteiger partial charge in [0.1, 0.15) is 6.04 Å². The number of carbonyl (C=O) groups excluding carboxylic acids is 2. The van der Waals surface area contributed by atoms with E-state index in [-0.39, 0.29) is 23.2 Å². The number of aryl methyl sites for hydroxylation is 1. The van der Waals surface area contributed by atoms with Gasteiger partial charge in [-0.25, -0.2) is 0 Å². The highest BCUT2D eigenvalue weighted by atomic mass is 16.5. The minimum absolute atomic E-state index is 0.0117. The van der Waals surface area contributed by atoms with E-state index < -0.39 is 12.1 Å². The van der Waals surface area contributed by atoms with Crippen LogP contribution in [0.2, 0.25) is 0 Å². The van der Waals surface area contributed by atoms with Crippen LogP contribution < -0.4 is 35.6 Å². The van der Waals surface area contributed by atoms with Gasteiger partial charge >= 0.3 is 0 Å². The average molecular weight is 604 g/mol. The molecule has 3 aliphatic carbocycles. The molecule has 2 aromatic carbocycles. The summed E-state index contributed by atoms with van der Waals surface area (Å²) in [5.41, 5.74) is 3.22. The van der Waals surface area contributed by atoms with Crippen molar-refractivity contribution in [2.45, 2.75) is 65.0 Å². The van der Waals surface area contributed by atoms with Crippen LogP contribution in [-0.4, -0.2) is 45.7 Å². The predicted molar refractivity (Wildman–Crippen MR) is 171 cm³/mol. The molecule has 1 fully saturated rings. The fourth-order valence-electron chi connectivity index (χ4n) is 7.17. The maximum Gasteiger partial charge on any atom is 0.242 e. The zero-order valence-corrected chi connectivity index (χ0v) is 26.6. The summed E-state index contributed by atoms with van der Waals surface area (Å²) in [5, 5.41) is 9.54. The molecule has 0 radical (unpaired) electrons. The molecule has 3 N–H and O–H groups in total. The molecule has 0 aromatic heterocycles. The number of amides is 2. The molecule has 6 atom stereocenters. The van der Waals surface area contributed by atoms with Crippen LogP contribution in [0.25, 0.3) is 11.1 Å². The highest BCUT2D eigenvalue weighted by molar-refractivity contribution is 5.86. The van der Waals surface area contributed by atoms with Crippen LogP contribution in [0, 0.1) is 23.7 Å². The predicted octanol–water partition coefficient (Wildman–Crippen LogP) is 5.02. The van der Waals surface area contributed by atoms with Gasteiger partial charge in [-0.1, -0.05) is 38.5 Å². The molecule has 0 saturated heterocycles. The third kappa shape index (κ3) is 6.14. The van der Waals surface area contributed by atoms with E-state index in [1.165, 1.54) is 13.3 Å². The van der Waals surface area contributed by atoms with E-state index in [1.807, 2.05) is 26.0 Å². The van der Waals surface area contributed by atoms with Crippen LogP contribution >= 0.6 is 0 Å². The molecule has 0 spiro atoms. The first-order valence-electron chi connectivity index (χ1n) is 15.7. The van der Waals surface area contributed by atoms with Crippen molar-refractivity contribution in [2.75, 3.05) is 33.2 Å². The van der Waals surface area contributed by atoms with Crippen LogP contribution in [0.3, 0.4) is 0 Å². The monoisotopic (exact) mass is 603 g/mol. The lowest BCUT2D eigenvalue weighted by Crippen LogP contribution is -2.46. The van der Waals surface area contributed by atoms with Gasteiger partial charge in [-0.05, 0) is 84.2 Å². The molecule has 6 unspecified atom stereocenters. The van der Waals surface area contributed by atoms with Gasteiger partial charge in [-0.3, -0.25) is 14.4 Å². The van der Waals surface area contributed by atoms with Gasteiger partial charge in [0, 0.05) is 19.0 Å². The molecule has 2 amide bonds. The third-order valence-electron chi connectivity index (χ3n) is 9.68. The number of carbonyl (C=O) groups is 2. The van der Waals surface area contributed by atoms with Gasteiger partial charge in [0.2, 0.25) is 23.0 Å². The number of nitrogens with one attached hydrogen (secondary N) is 3. The largest absolute Gasteiger partial charge is 0.493 e. The molecule has 2 bridgehead atoms. The summed E-state index contributed by atoms with van der Waals surface area (Å²) in [6, 6.07) is 6.13. The van der Waals surface area contributed by atoms with E-state index >= 15 is 0 Å². The lowest BCUT2D eigenvalue weighted by Gasteiger charge is -2.26. The lowest BCUT2D eigenvalue weighted by atomic mass is 9.93. The highest BCUT2D eigenvalue weighted by Gasteiger charge is 2.36. The van der Waals surface area contributed by atoms with Crippen LogP contribution in [0.15, 0.2) is 41.2 Å². The topological polar surface area (TPSA) is 115 Å². The van der Waals surface area contributed by atoms with Gasteiger partial charge in [-0.2, -0.15) is 0 Å². The minimum atomic E-state index is -0.582. The number of ether oxygens (including phenoxy) is 3. The molecule has 9 heteroatoms. The van der Waals surface area contributed by atoms with Gasteiger partial charge in [0.15, 0.2) is 11.5 Å². The number of hydrogen-bond donors (Lipinski definition) is 3. The second kappa shape index (κ2) is 13.3. The zero-order chi connectivity index (χ0) is 31.5. The van der Waals surface area contributed by atoms with Gasteiger partial charge in [0.25, 0.3) is 0 Å². The van der Waals surface area contributed by atoms with E-state index in [4.69, 9.17) is 14.2 Å². The molecule has 1 saturated carbocycles. The smallest absolute Gasteiger partial charge is 0.242 e. The van der Waals surface area contributed by atoms with Crippen molar-refractivity contribution in [3.63, 3.8) is 0 Å².